The van der Waals surface area contributed by atoms with Crippen LogP contribution in [0.1, 0.15) is 5.56 Å². The number of carboxylic acids is 1. The second kappa shape index (κ2) is 3.69. The Morgan fingerprint density at radius 1 is 1.14 bits per heavy atom. The molecule has 5 nitrogen and oxygen atoms in total. The van der Waals surface area contributed by atoms with Crippen molar-refractivity contribution in [1.82, 2.24) is 0 Å². The predicted octanol–water partition coefficient (Wildman–Crippen LogP) is 0.901. The molecular formula is C9H8O5. The van der Waals surface area contributed by atoms with E-state index in [1.165, 1.54) is 0 Å². The van der Waals surface area contributed by atoms with Crippen molar-refractivity contribution in [2.45, 2.75) is 0 Å². The Hall–Kier alpha value is -2.17. The summed E-state index contributed by atoms with van der Waals surface area (Å²) in [5, 5.41) is 35.7. The van der Waals surface area contributed by atoms with Crippen molar-refractivity contribution in [3.05, 3.63) is 23.8 Å². The lowest BCUT2D eigenvalue weighted by molar-refractivity contribution is -0.131. The Kier molecular flexibility index (Phi) is 2.62. The molecule has 1 rings (SSSR count). The van der Waals surface area contributed by atoms with E-state index < -0.39 is 5.97 Å². The summed E-state index contributed by atoms with van der Waals surface area (Å²) in [6, 6.07) is 2.00. The molecule has 1 aromatic carbocycles. The van der Waals surface area contributed by atoms with Crippen LogP contribution < -0.4 is 0 Å². The molecule has 0 amide bonds. The van der Waals surface area contributed by atoms with E-state index >= 15 is 0 Å². The fraction of sp³-hybridized carbons (Fsp3) is 0. The zero-order valence-electron chi connectivity index (χ0n) is 7.01. The summed E-state index contributed by atoms with van der Waals surface area (Å²) in [7, 11) is 0. The van der Waals surface area contributed by atoms with Gasteiger partial charge in [-0.1, -0.05) is 0 Å². The molecular weight excluding hydrogens is 188 g/mol. The highest BCUT2D eigenvalue weighted by Gasteiger charge is 2.06. The maximum atomic E-state index is 10.2. The first kappa shape index (κ1) is 9.91. The molecule has 0 aliphatic carbocycles. The lowest BCUT2D eigenvalue weighted by Gasteiger charge is -2.02. The summed E-state index contributed by atoms with van der Waals surface area (Å²) in [4.78, 5) is 10.2. The maximum Gasteiger partial charge on any atom is 0.328 e. The van der Waals surface area contributed by atoms with Gasteiger partial charge in [0, 0.05) is 18.2 Å². The Balaban J connectivity index is 3.15. The van der Waals surface area contributed by atoms with Crippen LogP contribution in [0.3, 0.4) is 0 Å². The highest BCUT2D eigenvalue weighted by Crippen LogP contribution is 2.32. The van der Waals surface area contributed by atoms with Crippen LogP contribution in [0.15, 0.2) is 18.2 Å². The van der Waals surface area contributed by atoms with E-state index in [2.05, 4.69) is 0 Å². The molecule has 1 aromatic rings. The highest BCUT2D eigenvalue weighted by molar-refractivity contribution is 5.86. The molecule has 0 spiro atoms. The number of carboxylic acid groups (broad SMARTS) is 1. The molecule has 0 aromatic heterocycles. The second-order valence-electron chi connectivity index (χ2n) is 2.57. The molecule has 0 radical (unpaired) electrons. The van der Waals surface area contributed by atoms with Gasteiger partial charge in [-0.2, -0.15) is 0 Å². The van der Waals surface area contributed by atoms with Crippen LogP contribution in [0.5, 0.6) is 17.2 Å². The van der Waals surface area contributed by atoms with Gasteiger partial charge in [-0.15, -0.1) is 0 Å². The van der Waals surface area contributed by atoms with Gasteiger partial charge in [-0.05, 0) is 6.08 Å². The number of aliphatic carboxylic acids is 1. The normalized spacial score (nSPS) is 10.6. The van der Waals surface area contributed by atoms with Gasteiger partial charge in [-0.3, -0.25) is 0 Å². The van der Waals surface area contributed by atoms with Crippen molar-refractivity contribution < 1.29 is 25.2 Å². The molecule has 74 valence electrons. The maximum absolute atomic E-state index is 10.2. The largest absolute Gasteiger partial charge is 0.508 e. The first-order valence-electron chi connectivity index (χ1n) is 3.66. The lowest BCUT2D eigenvalue weighted by atomic mass is 10.1. The molecule has 0 heterocycles. The van der Waals surface area contributed by atoms with Crippen molar-refractivity contribution >= 4 is 12.0 Å². The van der Waals surface area contributed by atoms with E-state index in [0.29, 0.717) is 0 Å². The monoisotopic (exact) mass is 196 g/mol. The number of aromatic hydroxyl groups is 3. The summed E-state index contributed by atoms with van der Waals surface area (Å²) in [6.45, 7) is 0. The minimum Gasteiger partial charge on any atom is -0.508 e. The van der Waals surface area contributed by atoms with Gasteiger partial charge in [0.1, 0.15) is 17.2 Å². The average molecular weight is 196 g/mol. The van der Waals surface area contributed by atoms with Crippen molar-refractivity contribution in [2.75, 3.05) is 0 Å². The van der Waals surface area contributed by atoms with Crippen LogP contribution in [0.4, 0.5) is 0 Å². The summed E-state index contributed by atoms with van der Waals surface area (Å²) in [6.07, 6.45) is 1.80. The fourth-order valence-corrected chi connectivity index (χ4v) is 0.934. The Morgan fingerprint density at radius 3 is 2.07 bits per heavy atom. The average Bonchev–Trinajstić information content (AvgIpc) is 2.01. The molecule has 0 fully saturated rings. The minimum atomic E-state index is -1.20. The number of rotatable bonds is 2. The number of phenols is 3. The molecule has 4 N–H and O–H groups in total. The zero-order chi connectivity index (χ0) is 10.7. The van der Waals surface area contributed by atoms with E-state index in [1.54, 1.807) is 0 Å². The Labute approximate surface area is 79.2 Å². The van der Waals surface area contributed by atoms with Crippen LogP contribution in [-0.2, 0) is 4.79 Å². The summed E-state index contributed by atoms with van der Waals surface area (Å²) in [5.74, 6) is -2.27. The van der Waals surface area contributed by atoms with Crippen molar-refractivity contribution in [2.24, 2.45) is 0 Å². The number of hydrogen-bond acceptors (Lipinski definition) is 4. The van der Waals surface area contributed by atoms with Crippen molar-refractivity contribution in [3.8, 4) is 17.2 Å². The third kappa shape index (κ3) is 2.16. The van der Waals surface area contributed by atoms with E-state index in [1.807, 2.05) is 0 Å². The van der Waals surface area contributed by atoms with Crippen LogP contribution in [0, 0.1) is 0 Å². The first-order valence-corrected chi connectivity index (χ1v) is 3.66. The summed E-state index contributed by atoms with van der Waals surface area (Å²) >= 11 is 0. The quantitative estimate of drug-likeness (QED) is 0.527. The van der Waals surface area contributed by atoms with Gasteiger partial charge in [0.25, 0.3) is 0 Å². The summed E-state index contributed by atoms with van der Waals surface area (Å²) < 4.78 is 0. The third-order valence-electron chi connectivity index (χ3n) is 1.51. The van der Waals surface area contributed by atoms with E-state index in [4.69, 9.17) is 10.2 Å². The van der Waals surface area contributed by atoms with E-state index in [0.717, 1.165) is 24.3 Å². The van der Waals surface area contributed by atoms with Crippen LogP contribution in [0.25, 0.3) is 6.08 Å². The number of hydrogen-bond donors (Lipinski definition) is 4. The van der Waals surface area contributed by atoms with Gasteiger partial charge in [0.2, 0.25) is 0 Å². The number of carbonyl (C=O) groups is 1. The zero-order valence-corrected chi connectivity index (χ0v) is 7.01. The topological polar surface area (TPSA) is 98.0 Å². The van der Waals surface area contributed by atoms with Crippen LogP contribution >= 0.6 is 0 Å². The van der Waals surface area contributed by atoms with E-state index in [9.17, 15) is 15.0 Å². The van der Waals surface area contributed by atoms with Gasteiger partial charge in [0.05, 0.1) is 5.56 Å². The predicted molar refractivity (Wildman–Crippen MR) is 48.1 cm³/mol. The highest BCUT2D eigenvalue weighted by atomic mass is 16.4. The third-order valence-corrected chi connectivity index (χ3v) is 1.51. The van der Waals surface area contributed by atoms with Gasteiger partial charge < -0.3 is 20.4 Å². The summed E-state index contributed by atoms with van der Waals surface area (Å²) in [5.41, 5.74) is -0.0507. The molecule has 0 bridgehead atoms. The standard InChI is InChI=1S/C9H8O5/c10-5-3-7(11)6(8(12)4-5)1-2-9(13)14/h1-4,10-12H,(H,13,14). The van der Waals surface area contributed by atoms with Crippen LogP contribution in [-0.4, -0.2) is 26.4 Å². The minimum absolute atomic E-state index is 0.0507. The SMILES string of the molecule is O=C(O)C=Cc1c(O)cc(O)cc1O. The van der Waals surface area contributed by atoms with E-state index in [-0.39, 0.29) is 22.8 Å². The van der Waals surface area contributed by atoms with Gasteiger partial charge in [-0.25, -0.2) is 4.79 Å². The Bertz CT molecular complexity index is 371. The first-order chi connectivity index (χ1) is 6.50. The molecule has 0 saturated heterocycles. The number of phenolic OH excluding ortho intramolecular Hbond substituents is 3. The molecule has 0 unspecified atom stereocenters. The molecule has 0 aliphatic rings. The van der Waals surface area contributed by atoms with Gasteiger partial charge in [0.15, 0.2) is 0 Å². The molecule has 0 atom stereocenters. The Morgan fingerprint density at radius 2 is 1.64 bits per heavy atom. The van der Waals surface area contributed by atoms with Crippen LogP contribution in [0.2, 0.25) is 0 Å². The fourth-order valence-electron chi connectivity index (χ4n) is 0.934. The smallest absolute Gasteiger partial charge is 0.328 e. The second-order valence-corrected chi connectivity index (χ2v) is 2.57. The molecule has 0 saturated carbocycles. The molecule has 0 aliphatic heterocycles. The lowest BCUT2D eigenvalue weighted by Crippen LogP contribution is -1.86. The molecule has 5 heteroatoms. The van der Waals surface area contributed by atoms with Crippen molar-refractivity contribution in [1.29, 1.82) is 0 Å². The molecule has 14 heavy (non-hydrogen) atoms. The van der Waals surface area contributed by atoms with Crippen molar-refractivity contribution in [3.63, 3.8) is 0 Å². The van der Waals surface area contributed by atoms with Gasteiger partial charge >= 0.3 is 5.97 Å². The number of benzene rings is 1.